The number of para-hydroxylation sites is 3. The SMILES string of the molecule is Cc1cc(C(=O)N2c3ccccc3NC(=O)c3ccccc32)cc(C)n1. The molecule has 1 aromatic heterocycles. The molecule has 0 unspecified atom stereocenters. The summed E-state index contributed by atoms with van der Waals surface area (Å²) in [6, 6.07) is 18.0. The van der Waals surface area contributed by atoms with Crippen molar-refractivity contribution >= 4 is 28.9 Å². The van der Waals surface area contributed by atoms with Crippen LogP contribution >= 0.6 is 0 Å². The van der Waals surface area contributed by atoms with Gasteiger partial charge in [0.2, 0.25) is 0 Å². The van der Waals surface area contributed by atoms with Crippen molar-refractivity contribution in [3.63, 3.8) is 0 Å². The second-order valence-corrected chi connectivity index (χ2v) is 6.27. The topological polar surface area (TPSA) is 62.3 Å². The predicted octanol–water partition coefficient (Wildman–Crippen LogP) is 4.24. The molecule has 0 spiro atoms. The van der Waals surface area contributed by atoms with Crippen LogP contribution in [0, 0.1) is 13.8 Å². The van der Waals surface area contributed by atoms with Crippen LogP contribution in [0.5, 0.6) is 0 Å². The standard InChI is InChI=1S/C21H17N3O2/c1-13-11-15(12-14(2)22-13)21(26)24-18-9-5-3-7-16(18)20(25)23-17-8-4-6-10-19(17)24/h3-12H,1-2H3,(H,23,25). The maximum absolute atomic E-state index is 13.4. The Morgan fingerprint density at radius 3 is 2.27 bits per heavy atom. The zero-order chi connectivity index (χ0) is 18.3. The molecule has 3 aromatic rings. The third kappa shape index (κ3) is 2.63. The fourth-order valence-corrected chi connectivity index (χ4v) is 3.26. The number of aromatic nitrogens is 1. The van der Waals surface area contributed by atoms with Crippen LogP contribution in [-0.2, 0) is 0 Å². The Morgan fingerprint density at radius 2 is 1.54 bits per heavy atom. The smallest absolute Gasteiger partial charge is 0.263 e. The summed E-state index contributed by atoms with van der Waals surface area (Å²) < 4.78 is 0. The van der Waals surface area contributed by atoms with Gasteiger partial charge in [-0.25, -0.2) is 0 Å². The highest BCUT2D eigenvalue weighted by Crippen LogP contribution is 2.38. The normalized spacial score (nSPS) is 12.7. The Balaban J connectivity index is 1.96. The molecule has 4 rings (SSSR count). The Kier molecular flexibility index (Phi) is 3.77. The van der Waals surface area contributed by atoms with Gasteiger partial charge in [0, 0.05) is 17.0 Å². The quantitative estimate of drug-likeness (QED) is 0.719. The third-order valence-electron chi connectivity index (χ3n) is 4.31. The lowest BCUT2D eigenvalue weighted by Crippen LogP contribution is -2.27. The fraction of sp³-hybridized carbons (Fsp3) is 0.0952. The Bertz CT molecular complexity index is 1020. The number of carbonyl (C=O) groups is 2. The molecular formula is C21H17N3O2. The number of hydrogen-bond acceptors (Lipinski definition) is 3. The van der Waals surface area contributed by atoms with E-state index in [2.05, 4.69) is 10.3 Å². The monoisotopic (exact) mass is 343 g/mol. The van der Waals surface area contributed by atoms with Gasteiger partial charge in [-0.2, -0.15) is 0 Å². The number of fused-ring (bicyclic) bond motifs is 2. The summed E-state index contributed by atoms with van der Waals surface area (Å²) in [6.45, 7) is 3.72. The highest BCUT2D eigenvalue weighted by Gasteiger charge is 2.29. The van der Waals surface area contributed by atoms with Crippen LogP contribution in [0.2, 0.25) is 0 Å². The van der Waals surface area contributed by atoms with E-state index in [1.54, 1.807) is 41.3 Å². The number of aryl methyl sites for hydroxylation is 2. The van der Waals surface area contributed by atoms with E-state index in [1.807, 2.05) is 38.1 Å². The van der Waals surface area contributed by atoms with Gasteiger partial charge in [0.15, 0.2) is 0 Å². The molecule has 0 fully saturated rings. The first-order valence-corrected chi connectivity index (χ1v) is 8.34. The first-order valence-electron chi connectivity index (χ1n) is 8.34. The number of pyridine rings is 1. The lowest BCUT2D eigenvalue weighted by Gasteiger charge is -2.24. The van der Waals surface area contributed by atoms with Gasteiger partial charge in [-0.15, -0.1) is 0 Å². The summed E-state index contributed by atoms with van der Waals surface area (Å²) in [6.07, 6.45) is 0. The lowest BCUT2D eigenvalue weighted by atomic mass is 10.1. The predicted molar refractivity (Wildman–Crippen MR) is 101 cm³/mol. The maximum atomic E-state index is 13.4. The minimum atomic E-state index is -0.231. The lowest BCUT2D eigenvalue weighted by molar-refractivity contribution is 0.0999. The van der Waals surface area contributed by atoms with E-state index in [0.29, 0.717) is 28.2 Å². The van der Waals surface area contributed by atoms with Gasteiger partial charge in [-0.3, -0.25) is 19.5 Å². The van der Waals surface area contributed by atoms with Crippen LogP contribution in [0.3, 0.4) is 0 Å². The Hall–Kier alpha value is -3.47. The number of carbonyl (C=O) groups excluding carboxylic acids is 2. The summed E-state index contributed by atoms with van der Waals surface area (Å²) in [4.78, 5) is 32.0. The molecule has 2 aromatic carbocycles. The highest BCUT2D eigenvalue weighted by atomic mass is 16.2. The van der Waals surface area contributed by atoms with Crippen LogP contribution in [0.4, 0.5) is 17.1 Å². The number of anilines is 3. The van der Waals surface area contributed by atoms with E-state index < -0.39 is 0 Å². The third-order valence-corrected chi connectivity index (χ3v) is 4.31. The van der Waals surface area contributed by atoms with Gasteiger partial charge in [-0.05, 0) is 50.2 Å². The first-order chi connectivity index (χ1) is 12.5. The molecule has 1 aliphatic heterocycles. The molecule has 5 heteroatoms. The highest BCUT2D eigenvalue weighted by molar-refractivity contribution is 6.20. The molecule has 0 radical (unpaired) electrons. The second kappa shape index (κ2) is 6.11. The van der Waals surface area contributed by atoms with Crippen molar-refractivity contribution in [1.29, 1.82) is 0 Å². The zero-order valence-corrected chi connectivity index (χ0v) is 14.5. The van der Waals surface area contributed by atoms with E-state index in [0.717, 1.165) is 11.4 Å². The number of nitrogens with one attached hydrogen (secondary N) is 1. The van der Waals surface area contributed by atoms with Crippen molar-refractivity contribution in [2.45, 2.75) is 13.8 Å². The number of nitrogens with zero attached hydrogens (tertiary/aromatic N) is 2. The minimum Gasteiger partial charge on any atom is -0.320 e. The van der Waals surface area contributed by atoms with Gasteiger partial charge in [0.05, 0.1) is 22.6 Å². The van der Waals surface area contributed by atoms with Crippen molar-refractivity contribution in [3.05, 3.63) is 83.2 Å². The van der Waals surface area contributed by atoms with E-state index in [4.69, 9.17) is 0 Å². The molecule has 26 heavy (non-hydrogen) atoms. The van der Waals surface area contributed by atoms with Crippen LogP contribution in [0.25, 0.3) is 0 Å². The minimum absolute atomic E-state index is 0.199. The van der Waals surface area contributed by atoms with Gasteiger partial charge < -0.3 is 5.32 Å². The molecule has 2 heterocycles. The van der Waals surface area contributed by atoms with Gasteiger partial charge >= 0.3 is 0 Å². The first kappa shape index (κ1) is 16.0. The summed E-state index contributed by atoms with van der Waals surface area (Å²) in [7, 11) is 0. The number of hydrogen-bond donors (Lipinski definition) is 1. The van der Waals surface area contributed by atoms with Gasteiger partial charge in [0.25, 0.3) is 11.8 Å². The van der Waals surface area contributed by atoms with Crippen molar-refractivity contribution < 1.29 is 9.59 Å². The van der Waals surface area contributed by atoms with Crippen molar-refractivity contribution in [3.8, 4) is 0 Å². The number of benzene rings is 2. The van der Waals surface area contributed by atoms with Crippen molar-refractivity contribution in [2.24, 2.45) is 0 Å². The molecule has 1 N–H and O–H groups in total. The summed E-state index contributed by atoms with van der Waals surface area (Å²) in [5.74, 6) is -0.430. The largest absolute Gasteiger partial charge is 0.320 e. The van der Waals surface area contributed by atoms with Crippen molar-refractivity contribution in [2.75, 3.05) is 10.2 Å². The molecule has 1 aliphatic rings. The molecule has 5 nitrogen and oxygen atoms in total. The summed E-state index contributed by atoms with van der Waals surface area (Å²) in [5, 5.41) is 2.89. The van der Waals surface area contributed by atoms with Crippen LogP contribution < -0.4 is 10.2 Å². The summed E-state index contributed by atoms with van der Waals surface area (Å²) >= 11 is 0. The van der Waals surface area contributed by atoms with Gasteiger partial charge in [-0.1, -0.05) is 24.3 Å². The molecule has 0 bridgehead atoms. The molecule has 0 saturated carbocycles. The molecule has 128 valence electrons. The van der Waals surface area contributed by atoms with E-state index in [1.165, 1.54) is 0 Å². The van der Waals surface area contributed by atoms with Crippen LogP contribution in [0.1, 0.15) is 32.1 Å². The van der Waals surface area contributed by atoms with E-state index >= 15 is 0 Å². The zero-order valence-electron chi connectivity index (χ0n) is 14.5. The molecular weight excluding hydrogens is 326 g/mol. The Morgan fingerprint density at radius 1 is 0.923 bits per heavy atom. The van der Waals surface area contributed by atoms with E-state index in [-0.39, 0.29) is 11.8 Å². The van der Waals surface area contributed by atoms with Crippen LogP contribution in [0.15, 0.2) is 60.7 Å². The molecule has 2 amide bonds. The maximum Gasteiger partial charge on any atom is 0.263 e. The molecule has 0 aliphatic carbocycles. The molecule has 0 atom stereocenters. The average molecular weight is 343 g/mol. The van der Waals surface area contributed by atoms with Crippen molar-refractivity contribution in [1.82, 2.24) is 4.98 Å². The average Bonchev–Trinajstić information content (AvgIpc) is 2.74. The van der Waals surface area contributed by atoms with E-state index in [9.17, 15) is 9.59 Å². The van der Waals surface area contributed by atoms with Crippen LogP contribution in [-0.4, -0.2) is 16.8 Å². The number of amides is 2. The van der Waals surface area contributed by atoms with Gasteiger partial charge in [0.1, 0.15) is 0 Å². The molecule has 0 saturated heterocycles. The second-order valence-electron chi connectivity index (χ2n) is 6.27. The summed E-state index contributed by atoms with van der Waals surface area (Å²) in [5.41, 5.74) is 4.35. The fourth-order valence-electron chi connectivity index (χ4n) is 3.26. The number of rotatable bonds is 1. The Labute approximate surface area is 151 Å².